The molecule has 0 saturated carbocycles. The Kier molecular flexibility index (Phi) is 6.48. The van der Waals surface area contributed by atoms with Crippen molar-refractivity contribution in [3.8, 4) is 0 Å². The molecule has 0 amide bonds. The minimum atomic E-state index is -3.67. The topological polar surface area (TPSA) is 101 Å². The van der Waals surface area contributed by atoms with Crippen LogP contribution in [0.4, 0.5) is 5.69 Å². The van der Waals surface area contributed by atoms with Crippen molar-refractivity contribution in [2.24, 2.45) is 0 Å². The number of hydrogen-bond acceptors (Lipinski definition) is 5. The Balaban J connectivity index is 0.00000242. The molecule has 2 N–H and O–H groups in total. The van der Waals surface area contributed by atoms with Gasteiger partial charge in [-0.15, -0.1) is 12.4 Å². The highest BCUT2D eigenvalue weighted by molar-refractivity contribution is 7.89. The summed E-state index contributed by atoms with van der Waals surface area (Å²) in [6.45, 7) is 3.39. The summed E-state index contributed by atoms with van der Waals surface area (Å²) in [5, 5.41) is 13.8. The first kappa shape index (κ1) is 18.6. The lowest BCUT2D eigenvalue weighted by atomic mass is 10.1. The molecule has 0 fully saturated rings. The summed E-state index contributed by atoms with van der Waals surface area (Å²) in [5.74, 6) is 0. The lowest BCUT2D eigenvalue weighted by molar-refractivity contribution is -0.385. The fourth-order valence-corrected chi connectivity index (χ4v) is 3.41. The molecule has 0 unspecified atom stereocenters. The van der Waals surface area contributed by atoms with Gasteiger partial charge in [-0.3, -0.25) is 10.1 Å². The maximum atomic E-state index is 12.3. The third kappa shape index (κ3) is 4.51. The predicted octanol–water partition coefficient (Wildman–Crippen LogP) is 1.52. The minimum absolute atomic E-state index is 0. The number of sulfonamides is 1. The summed E-state index contributed by atoms with van der Waals surface area (Å²) < 4.78 is 27.0. The van der Waals surface area contributed by atoms with E-state index in [9.17, 15) is 18.5 Å². The average Bonchev–Trinajstić information content (AvgIpc) is 2.46. The summed E-state index contributed by atoms with van der Waals surface area (Å²) in [6, 6.07) is 3.73. The SMILES string of the molecule is Cc1cc([N+](=O)[O-])ccc1S(=O)(=O)NCC1=CCNCC1.Cl. The lowest BCUT2D eigenvalue weighted by Crippen LogP contribution is -2.30. The third-order valence-corrected chi connectivity index (χ3v) is 4.87. The van der Waals surface area contributed by atoms with Crippen LogP contribution in [0.2, 0.25) is 0 Å². The van der Waals surface area contributed by atoms with Crippen LogP contribution in [0.3, 0.4) is 0 Å². The van der Waals surface area contributed by atoms with Crippen LogP contribution in [-0.4, -0.2) is 33.0 Å². The maximum Gasteiger partial charge on any atom is 0.269 e. The molecule has 1 aromatic rings. The van der Waals surface area contributed by atoms with Gasteiger partial charge in [0, 0.05) is 25.2 Å². The molecule has 0 saturated heterocycles. The smallest absolute Gasteiger partial charge is 0.269 e. The van der Waals surface area contributed by atoms with Crippen LogP contribution in [0.1, 0.15) is 12.0 Å². The third-order valence-electron chi connectivity index (χ3n) is 3.31. The van der Waals surface area contributed by atoms with Crippen LogP contribution in [0, 0.1) is 17.0 Å². The number of benzene rings is 1. The van der Waals surface area contributed by atoms with Crippen molar-refractivity contribution in [2.75, 3.05) is 19.6 Å². The number of nitro groups is 1. The van der Waals surface area contributed by atoms with Gasteiger partial charge in [-0.2, -0.15) is 0 Å². The average molecular weight is 348 g/mol. The van der Waals surface area contributed by atoms with Crippen molar-refractivity contribution >= 4 is 28.1 Å². The van der Waals surface area contributed by atoms with E-state index < -0.39 is 14.9 Å². The van der Waals surface area contributed by atoms with Gasteiger partial charge in [0.15, 0.2) is 0 Å². The molecule has 2 rings (SSSR count). The van der Waals surface area contributed by atoms with E-state index in [1.54, 1.807) is 6.92 Å². The molecule has 1 aliphatic heterocycles. The van der Waals surface area contributed by atoms with Gasteiger partial charge in [0.1, 0.15) is 0 Å². The number of aryl methyl sites for hydroxylation is 1. The van der Waals surface area contributed by atoms with Crippen molar-refractivity contribution in [1.29, 1.82) is 0 Å². The highest BCUT2D eigenvalue weighted by atomic mass is 35.5. The van der Waals surface area contributed by atoms with Crippen molar-refractivity contribution < 1.29 is 13.3 Å². The molecule has 0 radical (unpaired) electrons. The second kappa shape index (κ2) is 7.68. The summed E-state index contributed by atoms with van der Waals surface area (Å²) in [6.07, 6.45) is 2.77. The zero-order valence-electron chi connectivity index (χ0n) is 12.0. The molecule has 1 aliphatic rings. The Hall–Kier alpha value is -1.48. The Labute approximate surface area is 135 Å². The molecule has 1 heterocycles. The molecular formula is C13H18ClN3O4S. The van der Waals surface area contributed by atoms with Gasteiger partial charge < -0.3 is 5.32 Å². The zero-order chi connectivity index (χ0) is 15.5. The molecule has 9 heteroatoms. The van der Waals surface area contributed by atoms with Crippen molar-refractivity contribution in [3.05, 3.63) is 45.5 Å². The summed E-state index contributed by atoms with van der Waals surface area (Å²) >= 11 is 0. The monoisotopic (exact) mass is 347 g/mol. The van der Waals surface area contributed by atoms with E-state index >= 15 is 0 Å². The molecule has 1 aromatic carbocycles. The number of nitrogens with zero attached hydrogens (tertiary/aromatic N) is 1. The quantitative estimate of drug-likeness (QED) is 0.477. The molecule has 0 spiro atoms. The number of nitrogens with one attached hydrogen (secondary N) is 2. The van der Waals surface area contributed by atoms with Gasteiger partial charge in [0.25, 0.3) is 5.69 Å². The molecule has 0 bridgehead atoms. The number of non-ortho nitro benzene ring substituents is 1. The number of nitro benzene ring substituents is 1. The zero-order valence-corrected chi connectivity index (χ0v) is 13.7. The van der Waals surface area contributed by atoms with Crippen LogP contribution < -0.4 is 10.0 Å². The van der Waals surface area contributed by atoms with Crippen LogP contribution in [0.25, 0.3) is 0 Å². The van der Waals surface area contributed by atoms with E-state index in [0.717, 1.165) is 25.1 Å². The van der Waals surface area contributed by atoms with Gasteiger partial charge >= 0.3 is 0 Å². The predicted molar refractivity (Wildman–Crippen MR) is 85.8 cm³/mol. The molecule has 22 heavy (non-hydrogen) atoms. The van der Waals surface area contributed by atoms with E-state index in [0.29, 0.717) is 5.56 Å². The molecule has 0 aromatic heterocycles. The Morgan fingerprint density at radius 1 is 1.41 bits per heavy atom. The highest BCUT2D eigenvalue weighted by Gasteiger charge is 2.19. The maximum absolute atomic E-state index is 12.3. The fourth-order valence-electron chi connectivity index (χ4n) is 2.14. The van der Waals surface area contributed by atoms with E-state index in [-0.39, 0.29) is 29.5 Å². The second-order valence-electron chi connectivity index (χ2n) is 4.85. The van der Waals surface area contributed by atoms with Crippen LogP contribution >= 0.6 is 12.4 Å². The van der Waals surface area contributed by atoms with E-state index in [1.165, 1.54) is 18.2 Å². The number of halogens is 1. The van der Waals surface area contributed by atoms with Crippen molar-refractivity contribution in [1.82, 2.24) is 10.0 Å². The van der Waals surface area contributed by atoms with Crippen LogP contribution in [-0.2, 0) is 10.0 Å². The molecular weight excluding hydrogens is 330 g/mol. The Bertz CT molecular complexity index is 689. The number of hydrogen-bond donors (Lipinski definition) is 2. The van der Waals surface area contributed by atoms with E-state index in [1.807, 2.05) is 6.08 Å². The summed E-state index contributed by atoms with van der Waals surface area (Å²) in [7, 11) is -3.67. The Morgan fingerprint density at radius 3 is 2.68 bits per heavy atom. The summed E-state index contributed by atoms with van der Waals surface area (Å²) in [4.78, 5) is 10.2. The van der Waals surface area contributed by atoms with Gasteiger partial charge in [-0.05, 0) is 31.5 Å². The normalized spacial score (nSPS) is 14.9. The van der Waals surface area contributed by atoms with E-state index in [2.05, 4.69) is 10.0 Å². The van der Waals surface area contributed by atoms with E-state index in [4.69, 9.17) is 0 Å². The van der Waals surface area contributed by atoms with Gasteiger partial charge in [-0.25, -0.2) is 13.1 Å². The van der Waals surface area contributed by atoms with Gasteiger partial charge in [0.05, 0.1) is 9.82 Å². The Morgan fingerprint density at radius 2 is 2.14 bits per heavy atom. The van der Waals surface area contributed by atoms with Crippen molar-refractivity contribution in [3.63, 3.8) is 0 Å². The number of rotatable bonds is 5. The molecule has 122 valence electrons. The minimum Gasteiger partial charge on any atom is -0.313 e. The van der Waals surface area contributed by atoms with Crippen molar-refractivity contribution in [2.45, 2.75) is 18.2 Å². The molecule has 7 nitrogen and oxygen atoms in total. The van der Waals surface area contributed by atoms with Gasteiger partial charge in [-0.1, -0.05) is 11.6 Å². The van der Waals surface area contributed by atoms with Gasteiger partial charge in [0.2, 0.25) is 10.0 Å². The lowest BCUT2D eigenvalue weighted by Gasteiger charge is -2.15. The first-order chi connectivity index (χ1) is 9.90. The summed E-state index contributed by atoms with van der Waals surface area (Å²) in [5.41, 5.74) is 1.28. The second-order valence-corrected chi connectivity index (χ2v) is 6.58. The van der Waals surface area contributed by atoms with Crippen LogP contribution in [0.5, 0.6) is 0 Å². The largest absolute Gasteiger partial charge is 0.313 e. The molecule has 0 aliphatic carbocycles. The van der Waals surface area contributed by atoms with Crippen LogP contribution in [0.15, 0.2) is 34.7 Å². The standard InChI is InChI=1S/C13H17N3O4S.ClH/c1-10-8-12(16(17)18)2-3-13(10)21(19,20)15-9-11-4-6-14-7-5-11;/h2-4,8,14-15H,5-7,9H2,1H3;1H. The first-order valence-electron chi connectivity index (χ1n) is 6.53. The highest BCUT2D eigenvalue weighted by Crippen LogP contribution is 2.21. The fraction of sp³-hybridized carbons (Fsp3) is 0.385. The first-order valence-corrected chi connectivity index (χ1v) is 8.02. The molecule has 0 atom stereocenters.